The van der Waals surface area contributed by atoms with E-state index in [0.29, 0.717) is 18.9 Å². The number of hydrogen-bond donors (Lipinski definition) is 1. The molecule has 0 saturated carbocycles. The average molecular weight is 278 g/mol. The molecule has 112 valence electrons. The Bertz CT molecular complexity index is 423. The minimum absolute atomic E-state index is 0.261. The van der Waals surface area contributed by atoms with Crippen LogP contribution in [0.3, 0.4) is 0 Å². The topological polar surface area (TPSA) is 64.2 Å². The molecular formula is C15H26N4O. The molecule has 2 N–H and O–H groups in total. The molecule has 1 aliphatic heterocycles. The lowest BCUT2D eigenvalue weighted by Crippen LogP contribution is -2.38. The van der Waals surface area contributed by atoms with Crippen LogP contribution in [0.2, 0.25) is 0 Å². The molecule has 1 atom stereocenters. The van der Waals surface area contributed by atoms with Gasteiger partial charge in [0, 0.05) is 31.9 Å². The third kappa shape index (κ3) is 3.82. The molecule has 0 bridgehead atoms. The van der Waals surface area contributed by atoms with Crippen molar-refractivity contribution in [3.8, 4) is 0 Å². The van der Waals surface area contributed by atoms with E-state index in [2.05, 4.69) is 16.5 Å². The lowest BCUT2D eigenvalue weighted by Gasteiger charge is -2.28. The maximum atomic E-state index is 12.3. The number of carbonyl (C=O) groups is 1. The van der Waals surface area contributed by atoms with E-state index in [4.69, 9.17) is 5.73 Å². The second-order valence-electron chi connectivity index (χ2n) is 5.62. The number of carbonyl (C=O) groups excluding carboxylic acids is 1. The van der Waals surface area contributed by atoms with Crippen LogP contribution in [0.5, 0.6) is 0 Å². The highest BCUT2D eigenvalue weighted by atomic mass is 16.2. The van der Waals surface area contributed by atoms with Crippen LogP contribution in [0, 0.1) is 5.92 Å². The van der Waals surface area contributed by atoms with Crippen LogP contribution < -0.4 is 5.73 Å². The normalized spacial score (nSPS) is 16.0. The fourth-order valence-electron chi connectivity index (χ4n) is 2.95. The molecule has 1 aromatic heterocycles. The van der Waals surface area contributed by atoms with Crippen molar-refractivity contribution in [3.05, 3.63) is 18.2 Å². The third-order valence-corrected chi connectivity index (χ3v) is 4.14. The lowest BCUT2D eigenvalue weighted by atomic mass is 9.94. The molecule has 2 rings (SSSR count). The number of imidazole rings is 1. The first kappa shape index (κ1) is 15.0. The summed E-state index contributed by atoms with van der Waals surface area (Å²) >= 11 is 0. The average Bonchev–Trinajstić information content (AvgIpc) is 2.92. The number of fused-ring (bicyclic) bond motifs is 1. The van der Waals surface area contributed by atoms with Gasteiger partial charge in [0.05, 0.1) is 6.54 Å². The second kappa shape index (κ2) is 7.43. The van der Waals surface area contributed by atoms with E-state index in [9.17, 15) is 4.79 Å². The highest BCUT2D eigenvalue weighted by Crippen LogP contribution is 2.19. The van der Waals surface area contributed by atoms with Crippen molar-refractivity contribution in [2.45, 2.75) is 52.1 Å². The summed E-state index contributed by atoms with van der Waals surface area (Å²) in [4.78, 5) is 18.5. The van der Waals surface area contributed by atoms with Gasteiger partial charge in [-0.2, -0.15) is 0 Å². The zero-order valence-electron chi connectivity index (χ0n) is 12.4. The molecule has 5 heteroatoms. The van der Waals surface area contributed by atoms with Gasteiger partial charge in [-0.1, -0.05) is 19.8 Å². The zero-order valence-corrected chi connectivity index (χ0v) is 12.4. The van der Waals surface area contributed by atoms with Crippen LogP contribution in [0.1, 0.15) is 44.9 Å². The van der Waals surface area contributed by atoms with Gasteiger partial charge >= 0.3 is 0 Å². The van der Waals surface area contributed by atoms with Gasteiger partial charge in [0.15, 0.2) is 0 Å². The minimum atomic E-state index is 0.261. The van der Waals surface area contributed by atoms with Crippen LogP contribution in [-0.2, 0) is 17.9 Å². The molecule has 5 nitrogen and oxygen atoms in total. The number of nitrogens with zero attached hydrogens (tertiary/aromatic N) is 3. The van der Waals surface area contributed by atoms with E-state index in [1.54, 1.807) is 0 Å². The fraction of sp³-hybridized carbons (Fsp3) is 0.733. The molecule has 0 saturated heterocycles. The van der Waals surface area contributed by atoms with Crippen molar-refractivity contribution in [1.82, 2.24) is 14.5 Å². The predicted molar refractivity (Wildman–Crippen MR) is 78.9 cm³/mol. The van der Waals surface area contributed by atoms with Gasteiger partial charge in [0.1, 0.15) is 5.82 Å². The maximum absolute atomic E-state index is 12.3. The summed E-state index contributed by atoms with van der Waals surface area (Å²) in [5, 5.41) is 0. The van der Waals surface area contributed by atoms with Gasteiger partial charge < -0.3 is 15.2 Å². The Kier molecular flexibility index (Phi) is 5.59. The van der Waals surface area contributed by atoms with Gasteiger partial charge in [-0.15, -0.1) is 0 Å². The summed E-state index contributed by atoms with van der Waals surface area (Å²) in [5.41, 5.74) is 5.64. The molecule has 20 heavy (non-hydrogen) atoms. The van der Waals surface area contributed by atoms with Crippen molar-refractivity contribution in [2.75, 3.05) is 13.1 Å². The van der Waals surface area contributed by atoms with Gasteiger partial charge in [0.25, 0.3) is 0 Å². The van der Waals surface area contributed by atoms with E-state index >= 15 is 0 Å². The number of rotatable bonds is 7. The standard InChI is InChI=1S/C15H26N4O/c1-2-3-13(6-7-16)4-5-15(20)19-11-10-18-9-8-17-14(18)12-19/h8-9,13H,2-7,10-12,16H2,1H3. The third-order valence-electron chi connectivity index (χ3n) is 4.14. The monoisotopic (exact) mass is 278 g/mol. The summed E-state index contributed by atoms with van der Waals surface area (Å²) in [7, 11) is 0. The summed E-state index contributed by atoms with van der Waals surface area (Å²) in [5.74, 6) is 1.86. The van der Waals surface area contributed by atoms with Crippen LogP contribution in [0.4, 0.5) is 0 Å². The Morgan fingerprint density at radius 3 is 3.00 bits per heavy atom. The van der Waals surface area contributed by atoms with Crippen LogP contribution in [0.15, 0.2) is 12.4 Å². The van der Waals surface area contributed by atoms with E-state index in [1.807, 2.05) is 17.3 Å². The largest absolute Gasteiger partial charge is 0.333 e. The highest BCUT2D eigenvalue weighted by molar-refractivity contribution is 5.76. The number of amides is 1. The Hall–Kier alpha value is -1.36. The fourth-order valence-corrected chi connectivity index (χ4v) is 2.95. The van der Waals surface area contributed by atoms with E-state index in [-0.39, 0.29) is 5.91 Å². The number of hydrogen-bond acceptors (Lipinski definition) is 3. The molecule has 0 fully saturated rings. The predicted octanol–water partition coefficient (Wildman–Crippen LogP) is 1.77. The van der Waals surface area contributed by atoms with Crippen LogP contribution in [0.25, 0.3) is 0 Å². The Balaban J connectivity index is 1.80. The molecule has 0 radical (unpaired) electrons. The Labute approximate surface area is 121 Å². The Morgan fingerprint density at radius 1 is 1.40 bits per heavy atom. The van der Waals surface area contributed by atoms with Gasteiger partial charge in [-0.05, 0) is 25.3 Å². The molecule has 1 aliphatic rings. The molecule has 0 aliphatic carbocycles. The first-order chi connectivity index (χ1) is 9.74. The first-order valence-electron chi connectivity index (χ1n) is 7.72. The number of aromatic nitrogens is 2. The second-order valence-corrected chi connectivity index (χ2v) is 5.62. The van der Waals surface area contributed by atoms with Crippen molar-refractivity contribution in [1.29, 1.82) is 0 Å². The first-order valence-corrected chi connectivity index (χ1v) is 7.72. The molecule has 1 amide bonds. The summed E-state index contributed by atoms with van der Waals surface area (Å²) in [6.45, 7) is 5.23. The van der Waals surface area contributed by atoms with Crippen LogP contribution >= 0.6 is 0 Å². The molecule has 2 heterocycles. The molecule has 0 spiro atoms. The summed E-state index contributed by atoms with van der Waals surface area (Å²) in [6.07, 6.45) is 8.78. The van der Waals surface area contributed by atoms with Crippen molar-refractivity contribution in [3.63, 3.8) is 0 Å². The van der Waals surface area contributed by atoms with Gasteiger partial charge in [-0.25, -0.2) is 4.98 Å². The van der Waals surface area contributed by atoms with Gasteiger partial charge in [-0.3, -0.25) is 4.79 Å². The van der Waals surface area contributed by atoms with Gasteiger partial charge in [0.2, 0.25) is 5.91 Å². The minimum Gasteiger partial charge on any atom is -0.333 e. The van der Waals surface area contributed by atoms with E-state index in [0.717, 1.165) is 38.3 Å². The molecule has 1 aromatic rings. The maximum Gasteiger partial charge on any atom is 0.223 e. The number of nitrogens with two attached hydrogens (primary N) is 1. The summed E-state index contributed by atoms with van der Waals surface area (Å²) < 4.78 is 2.12. The van der Waals surface area contributed by atoms with Crippen molar-refractivity contribution in [2.24, 2.45) is 11.7 Å². The molecular weight excluding hydrogens is 252 g/mol. The molecule has 0 aromatic carbocycles. The van der Waals surface area contributed by atoms with Crippen molar-refractivity contribution >= 4 is 5.91 Å². The highest BCUT2D eigenvalue weighted by Gasteiger charge is 2.21. The van der Waals surface area contributed by atoms with Crippen LogP contribution in [-0.4, -0.2) is 33.4 Å². The SMILES string of the molecule is CCCC(CCN)CCC(=O)N1CCn2ccnc2C1. The Morgan fingerprint density at radius 2 is 2.25 bits per heavy atom. The smallest absolute Gasteiger partial charge is 0.223 e. The van der Waals surface area contributed by atoms with E-state index < -0.39 is 0 Å². The van der Waals surface area contributed by atoms with Crippen molar-refractivity contribution < 1.29 is 4.79 Å². The summed E-state index contributed by atoms with van der Waals surface area (Å²) in [6, 6.07) is 0. The van der Waals surface area contributed by atoms with E-state index in [1.165, 1.54) is 12.8 Å². The quantitative estimate of drug-likeness (QED) is 0.826. The lowest BCUT2D eigenvalue weighted by molar-refractivity contribution is -0.133. The molecule has 1 unspecified atom stereocenters. The zero-order chi connectivity index (χ0) is 14.4.